The summed E-state index contributed by atoms with van der Waals surface area (Å²) in [5, 5.41) is 9.04. The van der Waals surface area contributed by atoms with Crippen molar-refractivity contribution in [3.05, 3.63) is 47.0 Å². The van der Waals surface area contributed by atoms with Gasteiger partial charge in [0.1, 0.15) is 5.52 Å². The van der Waals surface area contributed by atoms with Crippen LogP contribution in [-0.4, -0.2) is 38.1 Å². The second-order valence-electron chi connectivity index (χ2n) is 4.78. The third kappa shape index (κ3) is 2.71. The molecule has 0 bridgehead atoms. The number of hydrogen-bond acceptors (Lipinski definition) is 5. The summed E-state index contributed by atoms with van der Waals surface area (Å²) in [5.41, 5.74) is 2.42. The van der Waals surface area contributed by atoms with E-state index < -0.39 is 5.97 Å². The Labute approximate surface area is 130 Å². The molecule has 3 aromatic rings. The summed E-state index contributed by atoms with van der Waals surface area (Å²) in [6, 6.07) is 6.69. The second kappa shape index (κ2) is 5.61. The van der Waals surface area contributed by atoms with Gasteiger partial charge < -0.3 is 15.0 Å². The van der Waals surface area contributed by atoms with Gasteiger partial charge in [0.15, 0.2) is 11.5 Å². The predicted octanol–water partition coefficient (Wildman–Crippen LogP) is 2.34. The first-order valence-corrected chi connectivity index (χ1v) is 6.82. The van der Waals surface area contributed by atoms with Gasteiger partial charge in [0.25, 0.3) is 0 Å². The Bertz CT molecular complexity index is 831. The molecule has 2 heterocycles. The number of aromatic carboxylic acids is 1. The number of nitrogens with zero attached hydrogens (tertiary/aromatic N) is 4. The number of H-pyrrole nitrogens is 1. The lowest BCUT2D eigenvalue weighted by Crippen LogP contribution is -2.18. The van der Waals surface area contributed by atoms with E-state index in [1.807, 2.05) is 11.9 Å². The molecular weight excluding hydrogens is 306 g/mol. The summed E-state index contributed by atoms with van der Waals surface area (Å²) >= 11 is 5.92. The molecule has 0 atom stereocenters. The van der Waals surface area contributed by atoms with Crippen LogP contribution in [0, 0.1) is 0 Å². The molecule has 0 fully saturated rings. The molecule has 8 heteroatoms. The first-order valence-electron chi connectivity index (χ1n) is 6.44. The molecule has 0 spiro atoms. The minimum absolute atomic E-state index is 0.127. The molecule has 0 unspecified atom stereocenters. The lowest BCUT2D eigenvalue weighted by atomic mass is 10.1. The topological polar surface area (TPSA) is 95.0 Å². The van der Waals surface area contributed by atoms with E-state index in [2.05, 4.69) is 19.9 Å². The Morgan fingerprint density at radius 2 is 2.05 bits per heavy atom. The van der Waals surface area contributed by atoms with Crippen LogP contribution in [0.3, 0.4) is 0 Å². The standard InChI is InChI=1S/C14H12ClN5O2/c1-20(6-8-2-4-9(5-3-8)13(21)22)12-10-11(17-7-16-10)18-14(15)19-12/h2-5,7H,6H2,1H3,(H,21,22)(H,16,17,18,19). The van der Waals surface area contributed by atoms with Crippen molar-refractivity contribution in [3.8, 4) is 0 Å². The van der Waals surface area contributed by atoms with Crippen LogP contribution < -0.4 is 4.90 Å². The number of rotatable bonds is 4. The number of anilines is 1. The van der Waals surface area contributed by atoms with Gasteiger partial charge in [-0.1, -0.05) is 12.1 Å². The molecule has 0 aliphatic carbocycles. The van der Waals surface area contributed by atoms with E-state index in [0.29, 0.717) is 23.5 Å². The normalized spacial score (nSPS) is 10.8. The third-order valence-electron chi connectivity index (χ3n) is 3.22. The van der Waals surface area contributed by atoms with Crippen molar-refractivity contribution in [1.29, 1.82) is 0 Å². The zero-order valence-corrected chi connectivity index (χ0v) is 12.4. The van der Waals surface area contributed by atoms with Crippen LogP contribution in [0.2, 0.25) is 5.28 Å². The van der Waals surface area contributed by atoms with Gasteiger partial charge in [-0.2, -0.15) is 9.97 Å². The van der Waals surface area contributed by atoms with E-state index in [1.165, 1.54) is 6.33 Å². The zero-order chi connectivity index (χ0) is 15.7. The smallest absolute Gasteiger partial charge is 0.335 e. The molecule has 0 radical (unpaired) electrons. The van der Waals surface area contributed by atoms with Gasteiger partial charge in [0.2, 0.25) is 5.28 Å². The lowest BCUT2D eigenvalue weighted by Gasteiger charge is -2.18. The number of imidazole rings is 1. The average Bonchev–Trinajstić information content (AvgIpc) is 2.94. The molecule has 0 saturated heterocycles. The largest absolute Gasteiger partial charge is 0.478 e. The molecule has 0 aliphatic rings. The molecule has 1 aromatic carbocycles. The summed E-state index contributed by atoms with van der Waals surface area (Å²) in [7, 11) is 1.87. The number of carbonyl (C=O) groups is 1. The van der Waals surface area contributed by atoms with Gasteiger partial charge >= 0.3 is 5.97 Å². The molecular formula is C14H12ClN5O2. The summed E-state index contributed by atoms with van der Waals surface area (Å²) < 4.78 is 0. The minimum atomic E-state index is -0.943. The van der Waals surface area contributed by atoms with Crippen LogP contribution in [0.15, 0.2) is 30.6 Å². The summed E-state index contributed by atoms with van der Waals surface area (Å²) in [6.45, 7) is 0.543. The molecule has 0 aliphatic heterocycles. The van der Waals surface area contributed by atoms with E-state index >= 15 is 0 Å². The fourth-order valence-corrected chi connectivity index (χ4v) is 2.33. The number of aromatic amines is 1. The Morgan fingerprint density at radius 3 is 2.73 bits per heavy atom. The Hall–Kier alpha value is -2.67. The Morgan fingerprint density at radius 1 is 1.32 bits per heavy atom. The highest BCUT2D eigenvalue weighted by atomic mass is 35.5. The van der Waals surface area contributed by atoms with Gasteiger partial charge in [-0.05, 0) is 29.3 Å². The average molecular weight is 318 g/mol. The molecule has 2 aromatic heterocycles. The van der Waals surface area contributed by atoms with Gasteiger partial charge in [-0.15, -0.1) is 0 Å². The van der Waals surface area contributed by atoms with Gasteiger partial charge in [0, 0.05) is 13.6 Å². The molecule has 7 nitrogen and oxygen atoms in total. The number of nitrogens with one attached hydrogen (secondary N) is 1. The molecule has 2 N–H and O–H groups in total. The molecule has 112 valence electrons. The van der Waals surface area contributed by atoms with E-state index in [1.54, 1.807) is 24.3 Å². The Kier molecular flexibility index (Phi) is 3.64. The fraction of sp³-hybridized carbons (Fsp3) is 0.143. The fourth-order valence-electron chi connectivity index (χ4n) is 2.17. The number of benzene rings is 1. The van der Waals surface area contributed by atoms with Crippen LogP contribution in [0.4, 0.5) is 5.82 Å². The zero-order valence-electron chi connectivity index (χ0n) is 11.6. The highest BCUT2D eigenvalue weighted by molar-refractivity contribution is 6.28. The summed E-state index contributed by atoms with van der Waals surface area (Å²) in [6.07, 6.45) is 1.54. The number of carboxylic acids is 1. The highest BCUT2D eigenvalue weighted by Gasteiger charge is 2.13. The quantitative estimate of drug-likeness (QED) is 0.717. The van der Waals surface area contributed by atoms with Crippen molar-refractivity contribution in [3.63, 3.8) is 0 Å². The Balaban J connectivity index is 1.88. The van der Waals surface area contributed by atoms with E-state index in [9.17, 15) is 4.79 Å². The van der Waals surface area contributed by atoms with Crippen molar-refractivity contribution >= 4 is 34.6 Å². The van der Waals surface area contributed by atoms with Gasteiger partial charge in [-0.3, -0.25) is 0 Å². The lowest BCUT2D eigenvalue weighted by molar-refractivity contribution is 0.0697. The van der Waals surface area contributed by atoms with Gasteiger partial charge in [0.05, 0.1) is 11.9 Å². The van der Waals surface area contributed by atoms with E-state index in [0.717, 1.165) is 5.56 Å². The van der Waals surface area contributed by atoms with Crippen molar-refractivity contribution in [2.24, 2.45) is 0 Å². The maximum Gasteiger partial charge on any atom is 0.335 e. The first-order chi connectivity index (χ1) is 10.5. The monoisotopic (exact) mass is 317 g/mol. The highest BCUT2D eigenvalue weighted by Crippen LogP contribution is 2.23. The van der Waals surface area contributed by atoms with Crippen LogP contribution in [0.1, 0.15) is 15.9 Å². The van der Waals surface area contributed by atoms with E-state index in [-0.39, 0.29) is 10.8 Å². The van der Waals surface area contributed by atoms with Crippen LogP contribution in [0.25, 0.3) is 11.2 Å². The minimum Gasteiger partial charge on any atom is -0.478 e. The van der Waals surface area contributed by atoms with E-state index in [4.69, 9.17) is 16.7 Å². The van der Waals surface area contributed by atoms with Crippen molar-refractivity contribution in [1.82, 2.24) is 19.9 Å². The van der Waals surface area contributed by atoms with Crippen LogP contribution in [0.5, 0.6) is 0 Å². The molecule has 0 amide bonds. The number of halogens is 1. The second-order valence-corrected chi connectivity index (χ2v) is 5.11. The van der Waals surface area contributed by atoms with Crippen LogP contribution in [-0.2, 0) is 6.54 Å². The van der Waals surface area contributed by atoms with Crippen molar-refractivity contribution < 1.29 is 9.90 Å². The summed E-state index contributed by atoms with van der Waals surface area (Å²) in [5.74, 6) is -0.309. The number of hydrogen-bond donors (Lipinski definition) is 2. The molecule has 0 saturated carbocycles. The first kappa shape index (κ1) is 14.3. The molecule has 22 heavy (non-hydrogen) atoms. The third-order valence-corrected chi connectivity index (χ3v) is 3.39. The van der Waals surface area contributed by atoms with Crippen molar-refractivity contribution in [2.75, 3.05) is 11.9 Å². The SMILES string of the molecule is CN(Cc1ccc(C(=O)O)cc1)c1nc(Cl)nc2nc[nH]c12. The maximum atomic E-state index is 10.9. The number of fused-ring (bicyclic) bond motifs is 1. The number of aromatic nitrogens is 4. The van der Waals surface area contributed by atoms with Crippen molar-refractivity contribution in [2.45, 2.75) is 6.54 Å². The summed E-state index contributed by atoms with van der Waals surface area (Å²) in [4.78, 5) is 28.1. The van der Waals surface area contributed by atoms with Gasteiger partial charge in [-0.25, -0.2) is 9.78 Å². The van der Waals surface area contributed by atoms with Crippen LogP contribution >= 0.6 is 11.6 Å². The molecule has 3 rings (SSSR count). The predicted molar refractivity (Wildman–Crippen MR) is 82.2 cm³/mol. The number of carboxylic acid groups (broad SMARTS) is 1. The maximum absolute atomic E-state index is 10.9.